The van der Waals surface area contributed by atoms with Gasteiger partial charge in [-0.2, -0.15) is 0 Å². The van der Waals surface area contributed by atoms with Gasteiger partial charge in [0, 0.05) is 19.3 Å². The molecule has 0 radical (unpaired) electrons. The second kappa shape index (κ2) is 6.24. The zero-order valence-corrected chi connectivity index (χ0v) is 11.8. The number of anilines is 1. The molecule has 2 aromatic carbocycles. The molecule has 0 unspecified atom stereocenters. The summed E-state index contributed by atoms with van der Waals surface area (Å²) in [6.45, 7) is 6.99. The van der Waals surface area contributed by atoms with Gasteiger partial charge in [-0.3, -0.25) is 0 Å². The summed E-state index contributed by atoms with van der Waals surface area (Å²) < 4.78 is 0. The van der Waals surface area contributed by atoms with Crippen LogP contribution in [0, 0.1) is 0 Å². The van der Waals surface area contributed by atoms with Gasteiger partial charge in [-0.15, -0.1) is 0 Å². The van der Waals surface area contributed by atoms with E-state index in [1.165, 1.54) is 22.4 Å². The van der Waals surface area contributed by atoms with Gasteiger partial charge in [-0.05, 0) is 29.2 Å². The first-order chi connectivity index (χ1) is 9.26. The fraction of sp³-hybridized carbons (Fsp3) is 0.222. The maximum Gasteiger partial charge on any atom is 0.0432 e. The van der Waals surface area contributed by atoms with E-state index in [1.807, 2.05) is 6.08 Å². The van der Waals surface area contributed by atoms with Crippen LogP contribution in [0.2, 0.25) is 0 Å². The normalized spacial score (nSPS) is 10.2. The van der Waals surface area contributed by atoms with Crippen LogP contribution in [0.4, 0.5) is 5.69 Å². The van der Waals surface area contributed by atoms with Crippen LogP contribution in [0.5, 0.6) is 0 Å². The molecule has 1 nitrogen and oxygen atoms in total. The summed E-state index contributed by atoms with van der Waals surface area (Å²) in [5, 5.41) is 0. The van der Waals surface area contributed by atoms with E-state index in [4.69, 9.17) is 0 Å². The van der Waals surface area contributed by atoms with Crippen molar-refractivity contribution in [3.05, 3.63) is 71.8 Å². The Hall–Kier alpha value is -2.02. The van der Waals surface area contributed by atoms with Gasteiger partial charge in [0.2, 0.25) is 0 Å². The van der Waals surface area contributed by atoms with Crippen LogP contribution >= 0.6 is 0 Å². The molecular formula is C18H21N. The van der Waals surface area contributed by atoms with E-state index < -0.39 is 0 Å². The molecule has 2 aromatic rings. The summed E-state index contributed by atoms with van der Waals surface area (Å²) in [6, 6.07) is 17.0. The Morgan fingerprint density at radius 2 is 1.63 bits per heavy atom. The topological polar surface area (TPSA) is 3.24 Å². The van der Waals surface area contributed by atoms with Crippen molar-refractivity contribution >= 4 is 11.8 Å². The maximum absolute atomic E-state index is 3.89. The van der Waals surface area contributed by atoms with E-state index in [-0.39, 0.29) is 0 Å². The third kappa shape index (κ3) is 3.05. The Bertz CT molecular complexity index is 557. The van der Waals surface area contributed by atoms with Crippen LogP contribution in [0.25, 0.3) is 6.08 Å². The standard InChI is InChI=1S/C18H21N/c1-4-15-10-6-7-12-17(15)14-19(3)18-13-9-8-11-16(18)5-2/h4,6-13H,1,5,14H2,2-3H3. The van der Waals surface area contributed by atoms with E-state index in [0.717, 1.165) is 13.0 Å². The summed E-state index contributed by atoms with van der Waals surface area (Å²) in [6.07, 6.45) is 2.98. The molecule has 0 aromatic heterocycles. The average molecular weight is 251 g/mol. The number of nitrogens with zero attached hydrogens (tertiary/aromatic N) is 1. The van der Waals surface area contributed by atoms with Crippen LogP contribution < -0.4 is 4.90 Å². The molecule has 2 rings (SSSR count). The molecule has 0 aliphatic rings. The number of aryl methyl sites for hydroxylation is 1. The third-order valence-electron chi connectivity index (χ3n) is 3.47. The maximum atomic E-state index is 3.89. The molecule has 19 heavy (non-hydrogen) atoms. The molecule has 0 aliphatic carbocycles. The third-order valence-corrected chi connectivity index (χ3v) is 3.47. The Morgan fingerprint density at radius 3 is 2.32 bits per heavy atom. The van der Waals surface area contributed by atoms with Crippen molar-refractivity contribution < 1.29 is 0 Å². The lowest BCUT2D eigenvalue weighted by Crippen LogP contribution is -2.18. The monoisotopic (exact) mass is 251 g/mol. The van der Waals surface area contributed by atoms with Crippen molar-refractivity contribution in [2.45, 2.75) is 19.9 Å². The Kier molecular flexibility index (Phi) is 4.40. The van der Waals surface area contributed by atoms with Crippen LogP contribution in [0.3, 0.4) is 0 Å². The first-order valence-corrected chi connectivity index (χ1v) is 6.75. The van der Waals surface area contributed by atoms with Crippen molar-refractivity contribution in [2.75, 3.05) is 11.9 Å². The molecule has 0 spiro atoms. The van der Waals surface area contributed by atoms with Gasteiger partial charge in [0.05, 0.1) is 0 Å². The average Bonchev–Trinajstić information content (AvgIpc) is 2.47. The van der Waals surface area contributed by atoms with E-state index in [1.54, 1.807) is 0 Å². The lowest BCUT2D eigenvalue weighted by molar-refractivity contribution is 0.906. The highest BCUT2D eigenvalue weighted by molar-refractivity contribution is 5.56. The second-order valence-corrected chi connectivity index (χ2v) is 4.74. The van der Waals surface area contributed by atoms with Gasteiger partial charge in [0.1, 0.15) is 0 Å². The van der Waals surface area contributed by atoms with E-state index in [2.05, 4.69) is 74.0 Å². The van der Waals surface area contributed by atoms with Gasteiger partial charge in [-0.1, -0.05) is 62.0 Å². The van der Waals surface area contributed by atoms with Gasteiger partial charge >= 0.3 is 0 Å². The van der Waals surface area contributed by atoms with Crippen molar-refractivity contribution in [1.29, 1.82) is 0 Å². The zero-order valence-electron chi connectivity index (χ0n) is 11.8. The number of benzene rings is 2. The summed E-state index contributed by atoms with van der Waals surface area (Å²) in [5.41, 5.74) is 5.22. The minimum absolute atomic E-state index is 0.902. The number of para-hydroxylation sites is 1. The number of hydrogen-bond donors (Lipinski definition) is 0. The van der Waals surface area contributed by atoms with Crippen LogP contribution in [0.1, 0.15) is 23.6 Å². The van der Waals surface area contributed by atoms with Crippen LogP contribution in [0.15, 0.2) is 55.1 Å². The minimum atomic E-state index is 0.902. The Labute approximate surface area is 116 Å². The molecule has 0 amide bonds. The Balaban J connectivity index is 2.25. The molecule has 0 bridgehead atoms. The highest BCUT2D eigenvalue weighted by atomic mass is 15.1. The fourth-order valence-corrected chi connectivity index (χ4v) is 2.40. The lowest BCUT2D eigenvalue weighted by Gasteiger charge is -2.23. The lowest BCUT2D eigenvalue weighted by atomic mass is 10.1. The van der Waals surface area contributed by atoms with Crippen molar-refractivity contribution in [3.8, 4) is 0 Å². The van der Waals surface area contributed by atoms with E-state index in [9.17, 15) is 0 Å². The highest BCUT2D eigenvalue weighted by Gasteiger charge is 2.07. The molecule has 0 saturated heterocycles. The SMILES string of the molecule is C=Cc1ccccc1CN(C)c1ccccc1CC. The molecule has 0 fully saturated rings. The fourth-order valence-electron chi connectivity index (χ4n) is 2.40. The van der Waals surface area contributed by atoms with Crippen molar-refractivity contribution in [3.63, 3.8) is 0 Å². The molecule has 0 heterocycles. The van der Waals surface area contributed by atoms with Gasteiger partial charge < -0.3 is 4.90 Å². The minimum Gasteiger partial charge on any atom is -0.370 e. The number of hydrogen-bond acceptors (Lipinski definition) is 1. The van der Waals surface area contributed by atoms with Crippen LogP contribution in [-0.2, 0) is 13.0 Å². The molecule has 1 heteroatoms. The van der Waals surface area contributed by atoms with Gasteiger partial charge in [0.15, 0.2) is 0 Å². The summed E-state index contributed by atoms with van der Waals surface area (Å²) in [4.78, 5) is 2.31. The predicted octanol–water partition coefficient (Wildman–Crippen LogP) is 4.53. The van der Waals surface area contributed by atoms with Crippen molar-refractivity contribution in [1.82, 2.24) is 0 Å². The number of rotatable bonds is 5. The van der Waals surface area contributed by atoms with Gasteiger partial charge in [0.25, 0.3) is 0 Å². The summed E-state index contributed by atoms with van der Waals surface area (Å²) in [7, 11) is 2.15. The second-order valence-electron chi connectivity index (χ2n) is 4.74. The smallest absolute Gasteiger partial charge is 0.0432 e. The first kappa shape index (κ1) is 13.4. The molecule has 0 aliphatic heterocycles. The Morgan fingerprint density at radius 1 is 1.00 bits per heavy atom. The molecule has 0 N–H and O–H groups in total. The van der Waals surface area contributed by atoms with E-state index >= 15 is 0 Å². The largest absolute Gasteiger partial charge is 0.370 e. The quantitative estimate of drug-likeness (QED) is 0.754. The molecule has 0 saturated carbocycles. The zero-order chi connectivity index (χ0) is 13.7. The van der Waals surface area contributed by atoms with Crippen LogP contribution in [-0.4, -0.2) is 7.05 Å². The predicted molar refractivity (Wildman–Crippen MR) is 84.5 cm³/mol. The first-order valence-electron chi connectivity index (χ1n) is 6.75. The summed E-state index contributed by atoms with van der Waals surface area (Å²) >= 11 is 0. The van der Waals surface area contributed by atoms with Gasteiger partial charge in [-0.25, -0.2) is 0 Å². The highest BCUT2D eigenvalue weighted by Crippen LogP contribution is 2.22. The van der Waals surface area contributed by atoms with Crippen molar-refractivity contribution in [2.24, 2.45) is 0 Å². The molecular weight excluding hydrogens is 230 g/mol. The molecule has 0 atom stereocenters. The summed E-state index contributed by atoms with van der Waals surface area (Å²) in [5.74, 6) is 0. The molecule has 98 valence electrons. The van der Waals surface area contributed by atoms with E-state index in [0.29, 0.717) is 0 Å².